The summed E-state index contributed by atoms with van der Waals surface area (Å²) in [6.07, 6.45) is 6.31. The molecule has 0 spiro atoms. The van der Waals surface area contributed by atoms with Gasteiger partial charge in [0.1, 0.15) is 5.84 Å². The van der Waals surface area contributed by atoms with Gasteiger partial charge in [0.25, 0.3) is 0 Å². The topological polar surface area (TPSA) is 50.4 Å². The number of thiophene rings is 1. The first kappa shape index (κ1) is 12.1. The van der Waals surface area contributed by atoms with Crippen LogP contribution in [-0.4, -0.2) is 11.9 Å². The fourth-order valence-electron chi connectivity index (χ4n) is 2.02. The van der Waals surface area contributed by atoms with Crippen LogP contribution in [0.5, 0.6) is 0 Å². The van der Waals surface area contributed by atoms with Gasteiger partial charge in [-0.3, -0.25) is 4.99 Å². The minimum absolute atomic E-state index is 0.443. The largest absolute Gasteiger partial charge is 0.308 e. The molecule has 0 bridgehead atoms. The first-order valence-corrected chi connectivity index (χ1v) is 7.25. The third-order valence-electron chi connectivity index (χ3n) is 2.86. The summed E-state index contributed by atoms with van der Waals surface area (Å²) in [4.78, 5) is 4.70. The Bertz CT molecular complexity index is 369. The van der Waals surface area contributed by atoms with Gasteiger partial charge in [-0.2, -0.15) is 0 Å². The van der Waals surface area contributed by atoms with Gasteiger partial charge in [0, 0.05) is 10.9 Å². The number of nitrogens with two attached hydrogens (primary N) is 1. The molecule has 3 nitrogen and oxygen atoms in total. The molecule has 1 aromatic rings. The van der Waals surface area contributed by atoms with E-state index in [9.17, 15) is 0 Å². The second kappa shape index (κ2) is 5.80. The molecule has 1 fully saturated rings. The Kier molecular flexibility index (Phi) is 4.37. The van der Waals surface area contributed by atoms with Crippen LogP contribution in [0.4, 0.5) is 0 Å². The standard InChI is InChI=1S/C11H16BrN3S/c12-10-6-8(7-16-10)11(15-13)14-9-4-2-1-3-5-9/h6-7,9H,1-5,13H2,(H,14,15). The lowest BCUT2D eigenvalue weighted by Gasteiger charge is -2.18. The van der Waals surface area contributed by atoms with Crippen molar-refractivity contribution in [2.24, 2.45) is 10.8 Å². The Morgan fingerprint density at radius 1 is 1.44 bits per heavy atom. The van der Waals surface area contributed by atoms with E-state index in [1.807, 2.05) is 6.07 Å². The summed E-state index contributed by atoms with van der Waals surface area (Å²) in [6, 6.07) is 2.49. The number of aliphatic imine (C=N–C) groups is 1. The molecule has 16 heavy (non-hydrogen) atoms. The van der Waals surface area contributed by atoms with Crippen molar-refractivity contribution in [1.82, 2.24) is 5.43 Å². The predicted molar refractivity (Wildman–Crippen MR) is 72.8 cm³/mol. The van der Waals surface area contributed by atoms with Crippen molar-refractivity contribution < 1.29 is 0 Å². The van der Waals surface area contributed by atoms with Crippen molar-refractivity contribution >= 4 is 33.1 Å². The van der Waals surface area contributed by atoms with Crippen molar-refractivity contribution in [2.75, 3.05) is 0 Å². The molecule has 1 saturated carbocycles. The summed E-state index contributed by atoms with van der Waals surface area (Å²) in [5.74, 6) is 6.35. The zero-order valence-corrected chi connectivity index (χ0v) is 11.5. The Balaban J connectivity index is 2.11. The van der Waals surface area contributed by atoms with Gasteiger partial charge in [-0.05, 0) is 34.8 Å². The Hall–Kier alpha value is -0.390. The number of hydrazine groups is 1. The normalized spacial score (nSPS) is 18.8. The van der Waals surface area contributed by atoms with Crippen LogP contribution in [0.1, 0.15) is 37.7 Å². The van der Waals surface area contributed by atoms with Crippen LogP contribution in [0.2, 0.25) is 0 Å². The van der Waals surface area contributed by atoms with Crippen LogP contribution < -0.4 is 11.3 Å². The molecule has 0 atom stereocenters. The highest BCUT2D eigenvalue weighted by Gasteiger charge is 2.14. The van der Waals surface area contributed by atoms with E-state index in [0.717, 1.165) is 15.2 Å². The van der Waals surface area contributed by atoms with E-state index >= 15 is 0 Å². The van der Waals surface area contributed by atoms with Gasteiger partial charge in [0.15, 0.2) is 0 Å². The smallest absolute Gasteiger partial charge is 0.143 e. The number of amidine groups is 1. The molecule has 88 valence electrons. The van der Waals surface area contributed by atoms with E-state index in [1.54, 1.807) is 11.3 Å². The lowest BCUT2D eigenvalue weighted by atomic mass is 9.96. The average Bonchev–Trinajstić information content (AvgIpc) is 2.74. The molecule has 1 heterocycles. The fraction of sp³-hybridized carbons (Fsp3) is 0.545. The molecule has 1 aromatic heterocycles. The minimum atomic E-state index is 0.443. The number of nitrogens with zero attached hydrogens (tertiary/aromatic N) is 1. The number of halogens is 1. The number of hydrogen-bond acceptors (Lipinski definition) is 3. The van der Waals surface area contributed by atoms with Gasteiger partial charge in [-0.15, -0.1) is 11.3 Å². The molecule has 0 aromatic carbocycles. The van der Waals surface area contributed by atoms with Crippen LogP contribution in [0, 0.1) is 0 Å². The molecule has 3 N–H and O–H groups in total. The van der Waals surface area contributed by atoms with E-state index in [0.29, 0.717) is 6.04 Å². The summed E-state index contributed by atoms with van der Waals surface area (Å²) in [5.41, 5.74) is 3.79. The van der Waals surface area contributed by atoms with E-state index in [-0.39, 0.29) is 0 Å². The first-order chi connectivity index (χ1) is 7.79. The minimum Gasteiger partial charge on any atom is -0.308 e. The van der Waals surface area contributed by atoms with Crippen molar-refractivity contribution in [2.45, 2.75) is 38.1 Å². The molecule has 0 radical (unpaired) electrons. The van der Waals surface area contributed by atoms with Crippen LogP contribution in [0.3, 0.4) is 0 Å². The highest BCUT2D eigenvalue weighted by atomic mass is 79.9. The zero-order chi connectivity index (χ0) is 11.4. The Morgan fingerprint density at radius 2 is 2.19 bits per heavy atom. The van der Waals surface area contributed by atoms with E-state index < -0.39 is 0 Å². The summed E-state index contributed by atoms with van der Waals surface area (Å²) >= 11 is 5.10. The van der Waals surface area contributed by atoms with Crippen LogP contribution in [0.15, 0.2) is 20.2 Å². The second-order valence-corrected chi connectivity index (χ2v) is 6.34. The maximum absolute atomic E-state index is 5.54. The predicted octanol–water partition coefficient (Wildman–Crippen LogP) is 3.05. The van der Waals surface area contributed by atoms with Crippen LogP contribution >= 0.6 is 27.3 Å². The van der Waals surface area contributed by atoms with Gasteiger partial charge in [0.05, 0.1) is 9.83 Å². The fourth-order valence-corrected chi connectivity index (χ4v) is 3.16. The van der Waals surface area contributed by atoms with Gasteiger partial charge in [-0.1, -0.05) is 19.3 Å². The average molecular weight is 302 g/mol. The maximum Gasteiger partial charge on any atom is 0.143 e. The Morgan fingerprint density at radius 3 is 2.75 bits per heavy atom. The number of hydrogen-bond donors (Lipinski definition) is 2. The van der Waals surface area contributed by atoms with Crippen molar-refractivity contribution in [3.63, 3.8) is 0 Å². The van der Waals surface area contributed by atoms with E-state index in [2.05, 4.69) is 26.7 Å². The summed E-state index contributed by atoms with van der Waals surface area (Å²) in [6.45, 7) is 0. The van der Waals surface area contributed by atoms with E-state index in [4.69, 9.17) is 10.8 Å². The van der Waals surface area contributed by atoms with Crippen LogP contribution in [0.25, 0.3) is 0 Å². The molecule has 0 unspecified atom stereocenters. The monoisotopic (exact) mass is 301 g/mol. The van der Waals surface area contributed by atoms with Gasteiger partial charge >= 0.3 is 0 Å². The second-order valence-electron chi connectivity index (χ2n) is 4.05. The quantitative estimate of drug-likeness (QED) is 0.382. The lowest BCUT2D eigenvalue weighted by molar-refractivity contribution is 0.442. The van der Waals surface area contributed by atoms with Gasteiger partial charge in [-0.25, -0.2) is 5.84 Å². The molecule has 1 aliphatic rings. The third-order valence-corrected chi connectivity index (χ3v) is 4.37. The Labute approximate surface area is 108 Å². The maximum atomic E-state index is 5.54. The van der Waals surface area contributed by atoms with Gasteiger partial charge < -0.3 is 5.43 Å². The first-order valence-electron chi connectivity index (χ1n) is 5.58. The highest BCUT2D eigenvalue weighted by Crippen LogP contribution is 2.23. The molecular formula is C11H16BrN3S. The summed E-state index contributed by atoms with van der Waals surface area (Å²) in [5, 5.41) is 2.06. The molecule has 1 aliphatic carbocycles. The zero-order valence-electron chi connectivity index (χ0n) is 9.08. The summed E-state index contributed by atoms with van der Waals surface area (Å²) < 4.78 is 1.11. The molecule has 0 aliphatic heterocycles. The SMILES string of the molecule is NNC(=NC1CCCCC1)c1csc(Br)c1. The summed E-state index contributed by atoms with van der Waals surface area (Å²) in [7, 11) is 0. The highest BCUT2D eigenvalue weighted by molar-refractivity contribution is 9.11. The molecule has 5 heteroatoms. The van der Waals surface area contributed by atoms with Crippen molar-refractivity contribution in [3.8, 4) is 0 Å². The number of rotatable bonds is 2. The van der Waals surface area contributed by atoms with Crippen molar-refractivity contribution in [1.29, 1.82) is 0 Å². The molecule has 0 amide bonds. The third kappa shape index (κ3) is 3.06. The van der Waals surface area contributed by atoms with E-state index in [1.165, 1.54) is 32.1 Å². The van der Waals surface area contributed by atoms with Gasteiger partial charge in [0.2, 0.25) is 0 Å². The number of nitrogens with one attached hydrogen (secondary N) is 1. The lowest BCUT2D eigenvalue weighted by Crippen LogP contribution is -2.32. The van der Waals surface area contributed by atoms with Crippen LogP contribution in [-0.2, 0) is 0 Å². The molecule has 2 rings (SSSR count). The van der Waals surface area contributed by atoms with Crippen molar-refractivity contribution in [3.05, 3.63) is 20.8 Å². The molecular weight excluding hydrogens is 286 g/mol. The molecule has 0 saturated heterocycles.